The molecule has 3 aromatic rings. The lowest BCUT2D eigenvalue weighted by Crippen LogP contribution is -1.76. The molecule has 3 heteroatoms. The van der Waals surface area contributed by atoms with Crippen molar-refractivity contribution in [3.63, 3.8) is 0 Å². The molecule has 1 aromatic carbocycles. The van der Waals surface area contributed by atoms with Crippen LogP contribution in [0, 0.1) is 10.5 Å². The van der Waals surface area contributed by atoms with Crippen molar-refractivity contribution < 1.29 is 0 Å². The first-order valence-electron chi connectivity index (χ1n) is 4.78. The van der Waals surface area contributed by atoms with Crippen LogP contribution in [0.5, 0.6) is 0 Å². The lowest BCUT2D eigenvalue weighted by Gasteiger charge is -1.93. The maximum absolute atomic E-state index is 4.40. The summed E-state index contributed by atoms with van der Waals surface area (Å²) < 4.78 is 1.17. The zero-order valence-electron chi connectivity index (χ0n) is 8.21. The van der Waals surface area contributed by atoms with Gasteiger partial charge in [-0.25, -0.2) is 4.98 Å². The molecule has 0 bridgehead atoms. The monoisotopic (exact) mass is 308 g/mol. The van der Waals surface area contributed by atoms with Gasteiger partial charge in [0.15, 0.2) is 0 Å². The molecule has 0 amide bonds. The number of benzene rings is 1. The Morgan fingerprint density at radius 2 is 2.13 bits per heavy atom. The minimum absolute atomic E-state index is 0.972. The molecule has 0 fully saturated rings. The Bertz CT molecular complexity index is 655. The highest BCUT2D eigenvalue weighted by atomic mass is 127. The predicted molar refractivity (Wildman–Crippen MR) is 71.1 cm³/mol. The van der Waals surface area contributed by atoms with Gasteiger partial charge < -0.3 is 4.98 Å². The van der Waals surface area contributed by atoms with Gasteiger partial charge in [-0.3, -0.25) is 0 Å². The van der Waals surface area contributed by atoms with E-state index in [1.807, 2.05) is 6.20 Å². The van der Waals surface area contributed by atoms with Crippen molar-refractivity contribution in [2.75, 3.05) is 0 Å². The Hall–Kier alpha value is -1.10. The van der Waals surface area contributed by atoms with Crippen molar-refractivity contribution in [3.05, 3.63) is 39.6 Å². The van der Waals surface area contributed by atoms with Crippen molar-refractivity contribution in [2.24, 2.45) is 0 Å². The number of H-pyrrole nitrogens is 1. The molecule has 3 rings (SSSR count). The highest BCUT2D eigenvalue weighted by molar-refractivity contribution is 14.1. The maximum atomic E-state index is 4.40. The van der Waals surface area contributed by atoms with Crippen molar-refractivity contribution in [1.29, 1.82) is 0 Å². The molecule has 2 nitrogen and oxygen atoms in total. The number of aryl methyl sites for hydroxylation is 1. The fourth-order valence-corrected chi connectivity index (χ4v) is 2.37. The number of fused-ring (bicyclic) bond motifs is 3. The lowest BCUT2D eigenvalue weighted by molar-refractivity contribution is 1.32. The van der Waals surface area contributed by atoms with Crippen molar-refractivity contribution in [2.45, 2.75) is 6.92 Å². The molecule has 0 spiro atoms. The highest BCUT2D eigenvalue weighted by Crippen LogP contribution is 2.26. The van der Waals surface area contributed by atoms with Crippen LogP contribution in [0.3, 0.4) is 0 Å². The summed E-state index contributed by atoms with van der Waals surface area (Å²) in [6.45, 7) is 2.11. The van der Waals surface area contributed by atoms with Gasteiger partial charge in [-0.05, 0) is 41.1 Å². The Balaban J connectivity index is 2.58. The maximum Gasteiger partial charge on any atom is 0.138 e. The topological polar surface area (TPSA) is 28.7 Å². The summed E-state index contributed by atoms with van der Waals surface area (Å²) in [7, 11) is 0. The Labute approximate surface area is 101 Å². The highest BCUT2D eigenvalue weighted by Gasteiger charge is 2.06. The molecule has 0 radical (unpaired) electrons. The largest absolute Gasteiger partial charge is 0.339 e. The van der Waals surface area contributed by atoms with Crippen LogP contribution in [0.2, 0.25) is 0 Å². The average molecular weight is 308 g/mol. The molecular formula is C12H9IN2. The SMILES string of the molecule is Cc1cccc2c1[nH]c1ncc(I)cc12. The summed E-state index contributed by atoms with van der Waals surface area (Å²) in [5.41, 5.74) is 3.43. The lowest BCUT2D eigenvalue weighted by atomic mass is 10.1. The molecule has 0 unspecified atom stereocenters. The van der Waals surface area contributed by atoms with E-state index in [0.29, 0.717) is 0 Å². The second-order valence-electron chi connectivity index (χ2n) is 3.67. The van der Waals surface area contributed by atoms with Crippen molar-refractivity contribution >= 4 is 44.5 Å². The summed E-state index contributed by atoms with van der Waals surface area (Å²) in [6.07, 6.45) is 1.88. The van der Waals surface area contributed by atoms with E-state index >= 15 is 0 Å². The van der Waals surface area contributed by atoms with Crippen LogP contribution in [0.1, 0.15) is 5.56 Å². The fraction of sp³-hybridized carbons (Fsp3) is 0.0833. The van der Waals surface area contributed by atoms with Crippen LogP contribution in [0.4, 0.5) is 0 Å². The molecule has 2 aromatic heterocycles. The molecule has 0 saturated carbocycles. The molecule has 0 aliphatic rings. The molecule has 2 heterocycles. The number of pyridine rings is 1. The summed E-state index contributed by atoms with van der Waals surface area (Å²) in [5.74, 6) is 0. The van der Waals surface area contributed by atoms with E-state index in [2.05, 4.69) is 63.7 Å². The smallest absolute Gasteiger partial charge is 0.138 e. The van der Waals surface area contributed by atoms with Gasteiger partial charge in [0.1, 0.15) is 5.65 Å². The van der Waals surface area contributed by atoms with E-state index in [0.717, 1.165) is 5.65 Å². The van der Waals surface area contributed by atoms with Crippen LogP contribution < -0.4 is 0 Å². The number of aromatic amines is 1. The number of nitrogens with one attached hydrogen (secondary N) is 1. The molecular weight excluding hydrogens is 299 g/mol. The second-order valence-corrected chi connectivity index (χ2v) is 4.92. The molecule has 0 aliphatic heterocycles. The summed E-state index contributed by atoms with van der Waals surface area (Å²) in [6, 6.07) is 8.51. The van der Waals surface area contributed by atoms with Gasteiger partial charge in [0.2, 0.25) is 0 Å². The molecule has 74 valence electrons. The van der Waals surface area contributed by atoms with E-state index in [1.165, 1.54) is 25.4 Å². The quantitative estimate of drug-likeness (QED) is 0.631. The minimum Gasteiger partial charge on any atom is -0.339 e. The first kappa shape index (κ1) is 9.15. The van der Waals surface area contributed by atoms with E-state index in [9.17, 15) is 0 Å². The number of rotatable bonds is 0. The number of hydrogen-bond donors (Lipinski definition) is 1. The normalized spacial score (nSPS) is 11.3. The van der Waals surface area contributed by atoms with Crippen LogP contribution in [0.25, 0.3) is 21.9 Å². The number of hydrogen-bond acceptors (Lipinski definition) is 1. The zero-order chi connectivity index (χ0) is 10.4. The predicted octanol–water partition coefficient (Wildman–Crippen LogP) is 3.63. The zero-order valence-corrected chi connectivity index (χ0v) is 10.4. The standard InChI is InChI=1S/C12H9IN2/c1-7-3-2-4-9-10-5-8(13)6-14-12(10)15-11(7)9/h2-6H,1H3,(H,14,15). The van der Waals surface area contributed by atoms with Gasteiger partial charge in [-0.15, -0.1) is 0 Å². The number of halogens is 1. The number of para-hydroxylation sites is 1. The third kappa shape index (κ3) is 1.33. The Morgan fingerprint density at radius 3 is 3.00 bits per heavy atom. The second kappa shape index (κ2) is 3.20. The van der Waals surface area contributed by atoms with Gasteiger partial charge in [0.25, 0.3) is 0 Å². The van der Waals surface area contributed by atoms with Gasteiger partial charge in [0.05, 0.1) is 5.52 Å². The first-order valence-corrected chi connectivity index (χ1v) is 5.86. The average Bonchev–Trinajstić information content (AvgIpc) is 2.58. The van der Waals surface area contributed by atoms with Crippen LogP contribution in [-0.4, -0.2) is 9.97 Å². The molecule has 0 atom stereocenters. The van der Waals surface area contributed by atoms with Crippen LogP contribution >= 0.6 is 22.6 Å². The number of aromatic nitrogens is 2. The van der Waals surface area contributed by atoms with E-state index in [1.54, 1.807) is 0 Å². The van der Waals surface area contributed by atoms with E-state index in [-0.39, 0.29) is 0 Å². The fourth-order valence-electron chi connectivity index (χ4n) is 1.92. The van der Waals surface area contributed by atoms with Crippen molar-refractivity contribution in [1.82, 2.24) is 9.97 Å². The summed E-state index contributed by atoms with van der Waals surface area (Å²) >= 11 is 2.29. The van der Waals surface area contributed by atoms with Crippen LogP contribution in [0.15, 0.2) is 30.5 Å². The third-order valence-electron chi connectivity index (χ3n) is 2.66. The summed E-state index contributed by atoms with van der Waals surface area (Å²) in [5, 5.41) is 2.47. The van der Waals surface area contributed by atoms with Gasteiger partial charge in [-0.2, -0.15) is 0 Å². The summed E-state index contributed by atoms with van der Waals surface area (Å²) in [4.78, 5) is 7.76. The molecule has 1 N–H and O–H groups in total. The van der Waals surface area contributed by atoms with Crippen molar-refractivity contribution in [3.8, 4) is 0 Å². The first-order chi connectivity index (χ1) is 7.25. The van der Waals surface area contributed by atoms with Crippen LogP contribution in [-0.2, 0) is 0 Å². The van der Waals surface area contributed by atoms with E-state index in [4.69, 9.17) is 0 Å². The van der Waals surface area contributed by atoms with Gasteiger partial charge >= 0.3 is 0 Å². The van der Waals surface area contributed by atoms with E-state index < -0.39 is 0 Å². The Morgan fingerprint density at radius 1 is 1.27 bits per heavy atom. The molecule has 15 heavy (non-hydrogen) atoms. The molecule has 0 aliphatic carbocycles. The molecule has 0 saturated heterocycles. The van der Waals surface area contributed by atoms with Gasteiger partial charge in [-0.1, -0.05) is 18.2 Å². The Kier molecular flexibility index (Phi) is 1.95. The number of nitrogens with zero attached hydrogens (tertiary/aromatic N) is 1. The third-order valence-corrected chi connectivity index (χ3v) is 3.25. The van der Waals surface area contributed by atoms with Gasteiger partial charge in [0, 0.05) is 20.5 Å². The minimum atomic E-state index is 0.972.